The van der Waals surface area contributed by atoms with Crippen LogP contribution in [0.2, 0.25) is 0 Å². The van der Waals surface area contributed by atoms with E-state index in [1.807, 2.05) is 0 Å². The molecule has 0 spiro atoms. The van der Waals surface area contributed by atoms with Gasteiger partial charge >= 0.3 is 24.8 Å². The zero-order valence-electron chi connectivity index (χ0n) is 5.14. The van der Waals surface area contributed by atoms with Crippen LogP contribution in [0.15, 0.2) is 0 Å². The molecule has 1 heterocycles. The van der Waals surface area contributed by atoms with Crippen LogP contribution in [0, 0.1) is 0 Å². The topological polar surface area (TPSA) is 59.2 Å². The Bertz CT molecular complexity index is 85.4. The summed E-state index contributed by atoms with van der Waals surface area (Å²) < 4.78 is 0. The van der Waals surface area contributed by atoms with Gasteiger partial charge in [-0.1, -0.05) is 0 Å². The fraction of sp³-hybridized carbons (Fsp3) is 0.667. The fourth-order valence-electron chi connectivity index (χ4n) is 0.234. The van der Waals surface area contributed by atoms with Gasteiger partial charge in [-0.25, -0.2) is 0 Å². The smallest absolute Gasteiger partial charge is 1.00 e. The van der Waals surface area contributed by atoms with E-state index in [-0.39, 0.29) is 26.3 Å². The molecule has 1 saturated heterocycles. The standard InChI is InChI=1S/C3H5NO2.Li.H/c5-3(6)2-1-4-2;;/h2,4H,1H2,(H,5,6);;/q;+1;-1. The number of hydrogen-bond donors (Lipinski definition) is 2. The zero-order valence-corrected chi connectivity index (χ0v) is 4.14. The first-order valence-corrected chi connectivity index (χ1v) is 1.77. The van der Waals surface area contributed by atoms with Crippen LogP contribution in [-0.2, 0) is 4.79 Å². The van der Waals surface area contributed by atoms with Crippen LogP contribution in [0.25, 0.3) is 0 Å². The van der Waals surface area contributed by atoms with Gasteiger partial charge in [0, 0.05) is 6.54 Å². The normalized spacial score (nSPS) is 25.4. The van der Waals surface area contributed by atoms with Gasteiger partial charge in [0.1, 0.15) is 6.04 Å². The molecule has 0 bridgehead atoms. The minimum atomic E-state index is -0.741. The third-order valence-corrected chi connectivity index (χ3v) is 0.706. The molecule has 1 aliphatic rings. The van der Waals surface area contributed by atoms with Gasteiger partial charge in [-0.3, -0.25) is 4.79 Å². The number of rotatable bonds is 1. The van der Waals surface area contributed by atoms with Crippen molar-refractivity contribution in [1.29, 1.82) is 0 Å². The maximum absolute atomic E-state index is 9.70. The van der Waals surface area contributed by atoms with E-state index in [1.165, 1.54) is 0 Å². The summed E-state index contributed by atoms with van der Waals surface area (Å²) in [6.45, 7) is 0.648. The van der Waals surface area contributed by atoms with Gasteiger partial charge in [-0.05, 0) is 0 Å². The molecule has 1 atom stereocenters. The molecule has 0 aromatic carbocycles. The largest absolute Gasteiger partial charge is 1.00 e. The minimum absolute atomic E-state index is 0. The van der Waals surface area contributed by atoms with E-state index in [9.17, 15) is 4.79 Å². The molecule has 4 heteroatoms. The maximum atomic E-state index is 9.70. The van der Waals surface area contributed by atoms with E-state index in [1.54, 1.807) is 0 Å². The van der Waals surface area contributed by atoms with E-state index in [2.05, 4.69) is 5.32 Å². The Labute approximate surface area is 54.8 Å². The minimum Gasteiger partial charge on any atom is -1.00 e. The fourth-order valence-corrected chi connectivity index (χ4v) is 0.234. The van der Waals surface area contributed by atoms with Gasteiger partial charge in [-0.2, -0.15) is 0 Å². The molecule has 0 saturated carbocycles. The second-order valence-corrected chi connectivity index (χ2v) is 1.30. The van der Waals surface area contributed by atoms with E-state index in [4.69, 9.17) is 5.11 Å². The summed E-state index contributed by atoms with van der Waals surface area (Å²) in [5.74, 6) is -0.741. The average Bonchev–Trinajstić information content (AvgIpc) is 2.06. The first kappa shape index (κ1) is 7.03. The van der Waals surface area contributed by atoms with Crippen LogP contribution >= 0.6 is 0 Å². The van der Waals surface area contributed by atoms with Gasteiger partial charge in [0.25, 0.3) is 0 Å². The van der Waals surface area contributed by atoms with Crippen molar-refractivity contribution >= 4 is 5.97 Å². The van der Waals surface area contributed by atoms with Crippen molar-refractivity contribution in [3.05, 3.63) is 0 Å². The number of carboxylic acids is 1. The van der Waals surface area contributed by atoms with Crippen molar-refractivity contribution in [2.75, 3.05) is 6.54 Å². The molecule has 1 rings (SSSR count). The Morgan fingerprint density at radius 3 is 2.43 bits per heavy atom. The van der Waals surface area contributed by atoms with Crippen molar-refractivity contribution < 1.29 is 30.2 Å². The summed E-state index contributed by atoms with van der Waals surface area (Å²) in [5, 5.41) is 10.6. The number of aliphatic carboxylic acids is 1. The number of hydrogen-bond acceptors (Lipinski definition) is 2. The van der Waals surface area contributed by atoms with Crippen molar-refractivity contribution in [2.24, 2.45) is 0 Å². The molecule has 7 heavy (non-hydrogen) atoms. The van der Waals surface area contributed by atoms with Crippen molar-refractivity contribution in [1.82, 2.24) is 5.32 Å². The second kappa shape index (κ2) is 2.36. The third kappa shape index (κ3) is 1.98. The summed E-state index contributed by atoms with van der Waals surface area (Å²) in [7, 11) is 0. The van der Waals surface area contributed by atoms with Crippen molar-refractivity contribution in [3.63, 3.8) is 0 Å². The Hall–Kier alpha value is 0.0274. The Morgan fingerprint density at radius 2 is 2.43 bits per heavy atom. The van der Waals surface area contributed by atoms with E-state index in [0.29, 0.717) is 6.54 Å². The van der Waals surface area contributed by atoms with Crippen LogP contribution in [0.4, 0.5) is 0 Å². The van der Waals surface area contributed by atoms with Crippen LogP contribution in [0.3, 0.4) is 0 Å². The zero-order chi connectivity index (χ0) is 4.57. The summed E-state index contributed by atoms with van der Waals surface area (Å²) in [6.07, 6.45) is 0. The Balaban J connectivity index is 0. The Kier molecular flexibility index (Phi) is 2.37. The number of nitrogens with one attached hydrogen (secondary N) is 1. The first-order chi connectivity index (χ1) is 2.80. The van der Waals surface area contributed by atoms with Gasteiger partial charge in [0.2, 0.25) is 0 Å². The SMILES string of the molecule is O=C(O)C1CN1.[H-].[Li+]. The van der Waals surface area contributed by atoms with Crippen molar-refractivity contribution in [2.45, 2.75) is 6.04 Å². The molecular weight excluding hydrogens is 89.0 g/mol. The van der Waals surface area contributed by atoms with Crippen LogP contribution in [-0.4, -0.2) is 23.7 Å². The maximum Gasteiger partial charge on any atom is 1.00 e. The van der Waals surface area contributed by atoms with Gasteiger partial charge in [-0.15, -0.1) is 0 Å². The third-order valence-electron chi connectivity index (χ3n) is 0.706. The van der Waals surface area contributed by atoms with Crippen LogP contribution < -0.4 is 24.2 Å². The first-order valence-electron chi connectivity index (χ1n) is 1.77. The van der Waals surface area contributed by atoms with E-state index in [0.717, 1.165) is 0 Å². The van der Waals surface area contributed by atoms with Gasteiger partial charge in [0.05, 0.1) is 0 Å². The Morgan fingerprint density at radius 1 is 2.00 bits per heavy atom. The molecule has 3 nitrogen and oxygen atoms in total. The molecule has 0 aliphatic carbocycles. The second-order valence-electron chi connectivity index (χ2n) is 1.30. The summed E-state index contributed by atoms with van der Waals surface area (Å²) in [5.41, 5.74) is 0. The molecule has 0 aromatic rings. The van der Waals surface area contributed by atoms with Crippen LogP contribution in [0.1, 0.15) is 1.43 Å². The molecule has 1 aliphatic heterocycles. The quantitative estimate of drug-likeness (QED) is 0.259. The molecule has 0 radical (unpaired) electrons. The molecule has 1 unspecified atom stereocenters. The number of carboxylic acid groups (broad SMARTS) is 1. The molecule has 2 N–H and O–H groups in total. The molecule has 1 fully saturated rings. The van der Waals surface area contributed by atoms with Crippen molar-refractivity contribution in [3.8, 4) is 0 Å². The van der Waals surface area contributed by atoms with Gasteiger partial charge in [0.15, 0.2) is 0 Å². The summed E-state index contributed by atoms with van der Waals surface area (Å²) in [6, 6.07) is -0.231. The summed E-state index contributed by atoms with van der Waals surface area (Å²) in [4.78, 5) is 9.70. The van der Waals surface area contributed by atoms with E-state index < -0.39 is 5.97 Å². The monoisotopic (exact) mass is 95.1 g/mol. The molecular formula is C3H6LiNO2. The molecule has 0 amide bonds. The predicted molar refractivity (Wildman–Crippen MR) is 20.5 cm³/mol. The average molecular weight is 95.0 g/mol. The number of carbonyl (C=O) groups is 1. The van der Waals surface area contributed by atoms with E-state index >= 15 is 0 Å². The predicted octanol–water partition coefficient (Wildman–Crippen LogP) is -3.84. The molecule has 0 aromatic heterocycles. The van der Waals surface area contributed by atoms with Gasteiger partial charge < -0.3 is 11.8 Å². The molecule has 36 valence electrons. The van der Waals surface area contributed by atoms with Crippen LogP contribution in [0.5, 0.6) is 0 Å². The summed E-state index contributed by atoms with van der Waals surface area (Å²) >= 11 is 0.